The van der Waals surface area contributed by atoms with Crippen molar-refractivity contribution < 1.29 is 9.90 Å². The number of nitrogens with zero attached hydrogens (tertiary/aromatic N) is 4. The molecule has 0 fully saturated rings. The van der Waals surface area contributed by atoms with Crippen molar-refractivity contribution in [2.45, 2.75) is 19.3 Å². The largest absolute Gasteiger partial charge is 0.510 e. The second-order valence-corrected chi connectivity index (χ2v) is 5.09. The van der Waals surface area contributed by atoms with E-state index in [9.17, 15) is 20.0 Å². The highest BCUT2D eigenvalue weighted by atomic mass is 16.3. The molecule has 1 aliphatic rings. The van der Waals surface area contributed by atoms with Gasteiger partial charge in [0.25, 0.3) is 5.56 Å². The number of allylic oxidation sites excluding steroid dienone is 2. The minimum absolute atomic E-state index is 0.0658. The SMILES string of the molecule is N#Cc1cc(N=NC2=C(O)CCCC2=O)c(=O)n2ccccc12. The summed E-state index contributed by atoms with van der Waals surface area (Å²) in [5.74, 6) is -0.426. The van der Waals surface area contributed by atoms with Crippen LogP contribution in [0.2, 0.25) is 0 Å². The molecule has 0 unspecified atom stereocenters. The summed E-state index contributed by atoms with van der Waals surface area (Å²) < 4.78 is 1.30. The zero-order valence-electron chi connectivity index (χ0n) is 12.1. The number of pyridine rings is 2. The standard InChI is InChI=1S/C16H12N4O3/c17-9-10-8-11(16(23)20-7-2-1-4-12(10)20)18-19-15-13(21)5-3-6-14(15)22/h1-2,4,7-8,21H,3,5-6H2. The first-order chi connectivity index (χ1) is 11.1. The van der Waals surface area contributed by atoms with Crippen molar-refractivity contribution in [2.75, 3.05) is 0 Å². The fraction of sp³-hybridized carbons (Fsp3) is 0.188. The fourth-order valence-corrected chi connectivity index (χ4v) is 2.43. The summed E-state index contributed by atoms with van der Waals surface area (Å²) in [6, 6.07) is 8.37. The summed E-state index contributed by atoms with van der Waals surface area (Å²) in [6.45, 7) is 0. The van der Waals surface area contributed by atoms with Crippen LogP contribution in [-0.2, 0) is 4.79 Å². The molecule has 0 amide bonds. The summed E-state index contributed by atoms with van der Waals surface area (Å²) in [5, 5.41) is 26.5. The molecule has 0 aliphatic heterocycles. The van der Waals surface area contributed by atoms with Crippen LogP contribution >= 0.6 is 0 Å². The van der Waals surface area contributed by atoms with Crippen LogP contribution < -0.4 is 5.56 Å². The van der Waals surface area contributed by atoms with Crippen LogP contribution in [0, 0.1) is 11.3 Å². The minimum atomic E-state index is -0.452. The average Bonchev–Trinajstić information content (AvgIpc) is 2.56. The number of fused-ring (bicyclic) bond motifs is 1. The van der Waals surface area contributed by atoms with Crippen molar-refractivity contribution in [3.05, 3.63) is 57.8 Å². The van der Waals surface area contributed by atoms with Gasteiger partial charge in [-0.2, -0.15) is 5.26 Å². The quantitative estimate of drug-likeness (QED) is 0.860. The zero-order valence-corrected chi connectivity index (χ0v) is 12.1. The molecule has 7 heteroatoms. The van der Waals surface area contributed by atoms with E-state index in [4.69, 9.17) is 0 Å². The van der Waals surface area contributed by atoms with Crippen LogP contribution in [0.5, 0.6) is 0 Å². The Balaban J connectivity index is 2.13. The summed E-state index contributed by atoms with van der Waals surface area (Å²) in [7, 11) is 0. The molecule has 23 heavy (non-hydrogen) atoms. The van der Waals surface area contributed by atoms with Gasteiger partial charge in [0.1, 0.15) is 11.8 Å². The average molecular weight is 308 g/mol. The van der Waals surface area contributed by atoms with Crippen molar-refractivity contribution >= 4 is 17.0 Å². The number of hydrogen-bond acceptors (Lipinski definition) is 6. The molecule has 0 aromatic carbocycles. The van der Waals surface area contributed by atoms with E-state index >= 15 is 0 Å². The van der Waals surface area contributed by atoms with Crippen molar-refractivity contribution in [2.24, 2.45) is 10.2 Å². The summed E-state index contributed by atoms with van der Waals surface area (Å²) in [6.07, 6.45) is 2.75. The van der Waals surface area contributed by atoms with Gasteiger partial charge in [0.05, 0.1) is 11.1 Å². The van der Waals surface area contributed by atoms with Gasteiger partial charge in [-0.1, -0.05) is 6.07 Å². The van der Waals surface area contributed by atoms with E-state index in [1.54, 1.807) is 18.2 Å². The number of rotatable bonds is 2. The third kappa shape index (κ3) is 2.62. The van der Waals surface area contributed by atoms with Crippen LogP contribution in [-0.4, -0.2) is 15.3 Å². The molecular formula is C16H12N4O3. The number of aliphatic hydroxyl groups is 1. The van der Waals surface area contributed by atoms with E-state index < -0.39 is 5.56 Å². The van der Waals surface area contributed by atoms with Crippen LogP contribution in [0.15, 0.2) is 56.9 Å². The second-order valence-electron chi connectivity index (χ2n) is 5.09. The zero-order chi connectivity index (χ0) is 16.4. The predicted molar refractivity (Wildman–Crippen MR) is 81.4 cm³/mol. The van der Waals surface area contributed by atoms with Gasteiger partial charge in [0.15, 0.2) is 17.2 Å². The molecule has 114 valence electrons. The molecule has 2 heterocycles. The van der Waals surface area contributed by atoms with Gasteiger partial charge >= 0.3 is 0 Å². The lowest BCUT2D eigenvalue weighted by Crippen LogP contribution is -2.14. The number of hydrogen-bond donors (Lipinski definition) is 1. The fourth-order valence-electron chi connectivity index (χ4n) is 2.43. The number of aromatic nitrogens is 1. The topological polar surface area (TPSA) is 107 Å². The Morgan fingerprint density at radius 2 is 2.04 bits per heavy atom. The predicted octanol–water partition coefficient (Wildman–Crippen LogP) is 2.78. The normalized spacial score (nSPS) is 15.3. The number of carbonyl (C=O) groups excluding carboxylic acids is 1. The maximum Gasteiger partial charge on any atom is 0.282 e. The third-order valence-electron chi connectivity index (χ3n) is 3.59. The number of carbonyl (C=O) groups is 1. The van der Waals surface area contributed by atoms with Crippen LogP contribution in [0.25, 0.3) is 5.52 Å². The summed E-state index contributed by atoms with van der Waals surface area (Å²) in [5.41, 5.74) is 0.102. The molecule has 0 radical (unpaired) electrons. The second kappa shape index (κ2) is 5.85. The number of aliphatic hydroxyl groups excluding tert-OH is 1. The Kier molecular flexibility index (Phi) is 3.73. The monoisotopic (exact) mass is 308 g/mol. The lowest BCUT2D eigenvalue weighted by Gasteiger charge is -2.10. The minimum Gasteiger partial charge on any atom is -0.510 e. The van der Waals surface area contributed by atoms with E-state index in [1.165, 1.54) is 16.7 Å². The lowest BCUT2D eigenvalue weighted by atomic mass is 10.0. The Morgan fingerprint density at radius 1 is 1.22 bits per heavy atom. The Hall–Kier alpha value is -3.27. The molecule has 0 saturated carbocycles. The van der Waals surface area contributed by atoms with Gasteiger partial charge in [-0.25, -0.2) is 0 Å². The van der Waals surface area contributed by atoms with E-state index in [2.05, 4.69) is 10.2 Å². The van der Waals surface area contributed by atoms with Crippen LogP contribution in [0.1, 0.15) is 24.8 Å². The smallest absolute Gasteiger partial charge is 0.282 e. The van der Waals surface area contributed by atoms with Crippen molar-refractivity contribution in [1.29, 1.82) is 5.26 Å². The van der Waals surface area contributed by atoms with Gasteiger partial charge in [0, 0.05) is 19.0 Å². The molecule has 0 atom stereocenters. The van der Waals surface area contributed by atoms with Crippen LogP contribution in [0.4, 0.5) is 5.69 Å². The highest BCUT2D eigenvalue weighted by Gasteiger charge is 2.20. The summed E-state index contributed by atoms with van der Waals surface area (Å²) in [4.78, 5) is 24.1. The molecule has 0 bridgehead atoms. The maximum atomic E-state index is 12.4. The number of nitriles is 1. The first kappa shape index (κ1) is 14.7. The lowest BCUT2D eigenvalue weighted by molar-refractivity contribution is -0.116. The summed E-state index contributed by atoms with van der Waals surface area (Å²) >= 11 is 0. The van der Waals surface area contributed by atoms with Gasteiger partial charge < -0.3 is 5.11 Å². The first-order valence-corrected chi connectivity index (χ1v) is 7.03. The van der Waals surface area contributed by atoms with Crippen LogP contribution in [0.3, 0.4) is 0 Å². The third-order valence-corrected chi connectivity index (χ3v) is 3.59. The van der Waals surface area contributed by atoms with E-state index in [0.717, 1.165) is 0 Å². The number of ketones is 1. The Morgan fingerprint density at radius 3 is 2.78 bits per heavy atom. The van der Waals surface area contributed by atoms with Gasteiger partial charge in [-0.3, -0.25) is 14.0 Å². The molecule has 2 aromatic rings. The number of azo groups is 1. The van der Waals surface area contributed by atoms with Crippen molar-refractivity contribution in [1.82, 2.24) is 4.40 Å². The molecule has 0 saturated heterocycles. The first-order valence-electron chi connectivity index (χ1n) is 7.03. The van der Waals surface area contributed by atoms with Gasteiger partial charge in [-0.05, 0) is 24.6 Å². The van der Waals surface area contributed by atoms with Gasteiger partial charge in [-0.15, -0.1) is 10.2 Å². The molecule has 1 aliphatic carbocycles. The molecule has 7 nitrogen and oxygen atoms in total. The Labute approximate surface area is 130 Å². The van der Waals surface area contributed by atoms with E-state index in [1.807, 2.05) is 6.07 Å². The molecule has 1 N–H and O–H groups in total. The molecule has 2 aromatic heterocycles. The molecule has 0 spiro atoms. The maximum absolute atomic E-state index is 12.4. The number of Topliss-reactive ketones (excluding diaryl/α,β-unsaturated/α-hetero) is 1. The van der Waals surface area contributed by atoms with E-state index in [0.29, 0.717) is 24.8 Å². The highest BCUT2D eigenvalue weighted by molar-refractivity contribution is 5.96. The molecule has 3 rings (SSSR count). The van der Waals surface area contributed by atoms with Gasteiger partial charge in [0.2, 0.25) is 0 Å². The highest BCUT2D eigenvalue weighted by Crippen LogP contribution is 2.23. The van der Waals surface area contributed by atoms with Crippen molar-refractivity contribution in [3.63, 3.8) is 0 Å². The van der Waals surface area contributed by atoms with Crippen molar-refractivity contribution in [3.8, 4) is 6.07 Å². The Bertz CT molecular complexity index is 963. The van der Waals surface area contributed by atoms with E-state index in [-0.39, 0.29) is 28.5 Å². The molecular weight excluding hydrogens is 296 g/mol.